The van der Waals surface area contributed by atoms with Crippen molar-refractivity contribution >= 4 is 17.6 Å². The van der Waals surface area contributed by atoms with Crippen LogP contribution in [-0.4, -0.2) is 56.1 Å². The third kappa shape index (κ3) is 3.99. The largest absolute Gasteiger partial charge is 0.459 e. The van der Waals surface area contributed by atoms with E-state index in [1.807, 2.05) is 30.3 Å². The lowest BCUT2D eigenvalue weighted by Gasteiger charge is -2.34. The Labute approximate surface area is 183 Å². The molecule has 7 nitrogen and oxygen atoms in total. The minimum absolute atomic E-state index is 0.00525. The monoisotopic (exact) mass is 429 g/mol. The fraction of sp³-hybridized carbons (Fsp3) is 0.625. The van der Waals surface area contributed by atoms with Crippen molar-refractivity contribution in [1.82, 2.24) is 4.65 Å². The number of fused-ring (bicyclic) bond motifs is 4. The zero-order valence-electron chi connectivity index (χ0n) is 17.8. The lowest BCUT2D eigenvalue weighted by Crippen LogP contribution is -2.54. The number of para-hydroxylation sites is 1. The molecule has 0 spiro atoms. The van der Waals surface area contributed by atoms with Crippen molar-refractivity contribution < 1.29 is 28.6 Å². The molecular formula is C24H31NO6+. The van der Waals surface area contributed by atoms with Gasteiger partial charge in [-0.2, -0.15) is 0 Å². The predicted octanol–water partition coefficient (Wildman–Crippen LogP) is 2.96. The van der Waals surface area contributed by atoms with Crippen molar-refractivity contribution in [2.75, 3.05) is 19.7 Å². The lowest BCUT2D eigenvalue weighted by atomic mass is 9.89. The summed E-state index contributed by atoms with van der Waals surface area (Å²) in [4.78, 5) is 31.8. The molecule has 1 radical (unpaired) electrons. The Morgan fingerprint density at radius 1 is 0.935 bits per heavy atom. The molecule has 1 aromatic carbocycles. The Balaban J connectivity index is 1.26. The first kappa shape index (κ1) is 20.9. The van der Waals surface area contributed by atoms with Crippen LogP contribution in [0.4, 0.5) is 5.69 Å². The van der Waals surface area contributed by atoms with E-state index in [2.05, 4.69) is 6.92 Å². The summed E-state index contributed by atoms with van der Waals surface area (Å²) in [6, 6.07) is 9.57. The zero-order valence-corrected chi connectivity index (χ0v) is 17.8. The smallest absolute Gasteiger partial charge is 0.373 e. The van der Waals surface area contributed by atoms with E-state index >= 15 is 0 Å². The molecule has 7 unspecified atom stereocenters. The highest BCUT2D eigenvalue weighted by atomic mass is 16.7. The molecule has 31 heavy (non-hydrogen) atoms. The minimum atomic E-state index is -0.257. The van der Waals surface area contributed by atoms with Crippen molar-refractivity contribution in [3.8, 4) is 0 Å². The Hall–Kier alpha value is -1.96. The number of hydrogen-bond acceptors (Lipinski definition) is 6. The van der Waals surface area contributed by atoms with Crippen molar-refractivity contribution in [2.24, 2.45) is 11.8 Å². The fourth-order valence-electron chi connectivity index (χ4n) is 5.63. The SMILES string of the molecule is [CH2]C[N+](CCOC(=O)C1CC2CCC1O2)(OC(=O)C1CC2CCC1O2)c1ccccc1. The maximum absolute atomic E-state index is 13.1. The van der Waals surface area contributed by atoms with Crippen LogP contribution >= 0.6 is 0 Å². The summed E-state index contributed by atoms with van der Waals surface area (Å²) in [5.41, 5.74) is 0.814. The van der Waals surface area contributed by atoms with Gasteiger partial charge >= 0.3 is 11.9 Å². The molecule has 4 aliphatic rings. The molecule has 7 heteroatoms. The molecule has 0 aliphatic carbocycles. The highest BCUT2D eigenvalue weighted by Gasteiger charge is 2.49. The number of carbonyl (C=O) groups is 2. The van der Waals surface area contributed by atoms with E-state index in [-0.39, 0.29) is 59.4 Å². The first-order valence-corrected chi connectivity index (χ1v) is 11.5. The van der Waals surface area contributed by atoms with Gasteiger partial charge in [0.2, 0.25) is 0 Å². The minimum Gasteiger partial charge on any atom is -0.459 e. The van der Waals surface area contributed by atoms with E-state index < -0.39 is 0 Å². The van der Waals surface area contributed by atoms with E-state index in [4.69, 9.17) is 19.0 Å². The van der Waals surface area contributed by atoms with Gasteiger partial charge < -0.3 is 14.2 Å². The Morgan fingerprint density at radius 2 is 1.55 bits per heavy atom. The second-order valence-electron chi connectivity index (χ2n) is 9.18. The van der Waals surface area contributed by atoms with Crippen molar-refractivity contribution in [3.63, 3.8) is 0 Å². The average Bonchev–Trinajstić information content (AvgIpc) is 3.60. The molecule has 0 N–H and O–H groups in total. The normalized spacial score (nSPS) is 35.1. The number of ether oxygens (including phenoxy) is 3. The molecule has 0 aromatic heterocycles. The lowest BCUT2D eigenvalue weighted by molar-refractivity contribution is -0.193. The van der Waals surface area contributed by atoms with Gasteiger partial charge in [-0.25, -0.2) is 4.79 Å². The van der Waals surface area contributed by atoms with Crippen LogP contribution in [0.5, 0.6) is 0 Å². The van der Waals surface area contributed by atoms with Crippen LogP contribution in [0.25, 0.3) is 0 Å². The molecule has 4 saturated heterocycles. The standard InChI is InChI=1S/C24H31NO6/c1-2-25(16-6-4-3-5-7-16,31-24(27)20-15-18-9-11-22(20)30-18)12-13-28-23(26)19-14-17-8-10-21(19)29-17/h3-7,17-22H,1-2,8-15H2/q+1. The Bertz CT molecular complexity index is 816. The number of hydroxylamine groups is 2. The van der Waals surface area contributed by atoms with Gasteiger partial charge in [-0.15, -0.1) is 0 Å². The van der Waals surface area contributed by atoms with Crippen LogP contribution < -0.4 is 4.65 Å². The number of quaternary nitrogens is 1. The summed E-state index contributed by atoms with van der Waals surface area (Å²) in [5, 5.41) is 0. The van der Waals surface area contributed by atoms with E-state index in [9.17, 15) is 9.59 Å². The second kappa shape index (κ2) is 8.52. The maximum atomic E-state index is 13.1. The van der Waals surface area contributed by atoms with Crippen molar-refractivity contribution in [2.45, 2.75) is 62.9 Å². The number of carbonyl (C=O) groups excluding carboxylic acids is 2. The summed E-state index contributed by atoms with van der Waals surface area (Å²) >= 11 is 0. The molecule has 4 heterocycles. The van der Waals surface area contributed by atoms with E-state index in [1.165, 1.54) is 0 Å². The van der Waals surface area contributed by atoms with E-state index in [0.717, 1.165) is 37.8 Å². The molecule has 5 rings (SSSR count). The number of nitrogens with zero attached hydrogens (tertiary/aromatic N) is 1. The third-order valence-electron chi connectivity index (χ3n) is 7.37. The average molecular weight is 430 g/mol. The first-order valence-electron chi connectivity index (χ1n) is 11.5. The summed E-state index contributed by atoms with van der Waals surface area (Å²) in [7, 11) is 0. The molecule has 0 amide bonds. The topological polar surface area (TPSA) is 71.1 Å². The van der Waals surface area contributed by atoms with Crippen LogP contribution in [0.15, 0.2) is 30.3 Å². The fourth-order valence-corrected chi connectivity index (χ4v) is 5.63. The van der Waals surface area contributed by atoms with Gasteiger partial charge in [0.1, 0.15) is 13.2 Å². The van der Waals surface area contributed by atoms with Gasteiger partial charge in [0.25, 0.3) is 0 Å². The second-order valence-corrected chi connectivity index (χ2v) is 9.18. The van der Waals surface area contributed by atoms with Gasteiger partial charge in [0.15, 0.2) is 12.2 Å². The van der Waals surface area contributed by atoms with Crippen LogP contribution in [0.2, 0.25) is 0 Å². The maximum Gasteiger partial charge on any atom is 0.373 e. The van der Waals surface area contributed by atoms with E-state index in [1.54, 1.807) is 0 Å². The Morgan fingerprint density at radius 3 is 2.06 bits per heavy atom. The van der Waals surface area contributed by atoms with Crippen molar-refractivity contribution in [1.29, 1.82) is 0 Å². The van der Waals surface area contributed by atoms with Gasteiger partial charge in [0, 0.05) is 19.1 Å². The van der Waals surface area contributed by atoms with Gasteiger partial charge in [0.05, 0.1) is 36.3 Å². The highest BCUT2D eigenvalue weighted by molar-refractivity contribution is 5.75. The molecule has 0 saturated carbocycles. The molecule has 7 atom stereocenters. The van der Waals surface area contributed by atoms with Crippen LogP contribution in [0, 0.1) is 18.8 Å². The highest BCUT2D eigenvalue weighted by Crippen LogP contribution is 2.41. The van der Waals surface area contributed by atoms with Gasteiger partial charge in [-0.3, -0.25) is 9.63 Å². The van der Waals surface area contributed by atoms with E-state index in [0.29, 0.717) is 19.5 Å². The first-order chi connectivity index (χ1) is 15.1. The Kier molecular flexibility index (Phi) is 5.75. The van der Waals surface area contributed by atoms with Crippen molar-refractivity contribution in [3.05, 3.63) is 37.3 Å². The summed E-state index contributed by atoms with van der Waals surface area (Å²) in [6.07, 6.45) is 5.67. The quantitative estimate of drug-likeness (QED) is 0.360. The molecule has 4 aliphatic heterocycles. The molecule has 4 fully saturated rings. The number of rotatable bonds is 8. The summed E-state index contributed by atoms with van der Waals surface area (Å²) in [6.45, 7) is 4.83. The zero-order chi connectivity index (χ0) is 21.4. The molecule has 167 valence electrons. The van der Waals surface area contributed by atoms with Crippen LogP contribution in [-0.2, 0) is 28.6 Å². The van der Waals surface area contributed by atoms with Crippen LogP contribution in [0.3, 0.4) is 0 Å². The number of esters is 1. The van der Waals surface area contributed by atoms with Gasteiger partial charge in [-0.1, -0.05) is 22.8 Å². The van der Waals surface area contributed by atoms with Gasteiger partial charge in [-0.05, 0) is 38.5 Å². The predicted molar refractivity (Wildman–Crippen MR) is 112 cm³/mol. The molecular weight excluding hydrogens is 398 g/mol. The third-order valence-corrected chi connectivity index (χ3v) is 7.37. The summed E-state index contributed by atoms with van der Waals surface area (Å²) < 4.78 is 17.2. The van der Waals surface area contributed by atoms with Crippen LogP contribution in [0.1, 0.15) is 38.5 Å². The molecule has 4 bridgehead atoms. The molecule has 1 aromatic rings. The number of benzene rings is 1. The summed E-state index contributed by atoms with van der Waals surface area (Å²) in [5.74, 6) is -0.881. The number of hydrogen-bond donors (Lipinski definition) is 0.